The SMILES string of the molecule is CCOC(=O)[C@@]1(C)CC[C@]2(C)CC[C@]3(C)C(=CC(=O)[C@@H]4[C@@]5(C)[C@@H](O)[C@H](O)[C@H](O)C(C)(C)[C@@H]5CC[C@]43C)[C@@H]2C1. The molecule has 6 nitrogen and oxygen atoms in total. The second-order valence-electron chi connectivity index (χ2n) is 15.5. The number of rotatable bonds is 2. The van der Waals surface area contributed by atoms with Gasteiger partial charge in [-0.2, -0.15) is 0 Å². The highest BCUT2D eigenvalue weighted by Crippen LogP contribution is 2.75. The van der Waals surface area contributed by atoms with Gasteiger partial charge in [0.15, 0.2) is 5.78 Å². The molecule has 5 aliphatic rings. The molecule has 0 heterocycles. The number of carbonyl (C=O) groups excluding carboxylic acids is 2. The number of hydrogen-bond acceptors (Lipinski definition) is 6. The molecule has 6 heteroatoms. The summed E-state index contributed by atoms with van der Waals surface area (Å²) in [6.07, 6.45) is 4.43. The highest BCUT2D eigenvalue weighted by atomic mass is 16.5. The zero-order chi connectivity index (χ0) is 28.3. The molecule has 0 radical (unpaired) electrons. The van der Waals surface area contributed by atoms with Crippen molar-refractivity contribution in [3.8, 4) is 0 Å². The number of aliphatic hydroxyl groups excluding tert-OH is 3. The number of aliphatic hydroxyl groups is 3. The van der Waals surface area contributed by atoms with Gasteiger partial charge in [-0.15, -0.1) is 0 Å². The van der Waals surface area contributed by atoms with Crippen molar-refractivity contribution < 1.29 is 29.6 Å². The van der Waals surface area contributed by atoms with Crippen molar-refractivity contribution >= 4 is 11.8 Å². The standard InChI is InChI=1S/C32H50O6/c1-9-38-26(37)29(5)13-12-28(4)14-15-30(6)18(19(28)17-29)16-20(33)23-31(30,7)11-10-21-27(2,3)24(35)22(34)25(36)32(21,23)8/h16,19,21-25,34-36H,9-15,17H2,1-8H3/t19-,21-,22+,23-,24-,25-,28+,29-,30+,31+,32-/m0/s1. The summed E-state index contributed by atoms with van der Waals surface area (Å²) in [7, 11) is 0. The van der Waals surface area contributed by atoms with Gasteiger partial charge in [0.25, 0.3) is 0 Å². The molecule has 0 spiro atoms. The van der Waals surface area contributed by atoms with Gasteiger partial charge in [-0.05, 0) is 98.4 Å². The second kappa shape index (κ2) is 8.39. The van der Waals surface area contributed by atoms with E-state index in [1.807, 2.05) is 40.7 Å². The van der Waals surface area contributed by atoms with Gasteiger partial charge in [0, 0.05) is 11.3 Å². The Morgan fingerprint density at radius 3 is 2.21 bits per heavy atom. The molecule has 5 rings (SSSR count). The van der Waals surface area contributed by atoms with Gasteiger partial charge in [-0.25, -0.2) is 0 Å². The summed E-state index contributed by atoms with van der Waals surface area (Å²) in [5.74, 6) is -0.521. The maximum atomic E-state index is 14.4. The second-order valence-corrected chi connectivity index (χ2v) is 15.5. The first-order valence-electron chi connectivity index (χ1n) is 14.9. The van der Waals surface area contributed by atoms with Crippen molar-refractivity contribution in [2.24, 2.45) is 50.2 Å². The summed E-state index contributed by atoms with van der Waals surface area (Å²) >= 11 is 0. The summed E-state index contributed by atoms with van der Waals surface area (Å²) in [6.45, 7) is 17.1. The number of allylic oxidation sites excluding steroid dienone is 2. The Kier molecular flexibility index (Phi) is 6.25. The van der Waals surface area contributed by atoms with Crippen molar-refractivity contribution in [3.63, 3.8) is 0 Å². The first-order valence-corrected chi connectivity index (χ1v) is 14.9. The van der Waals surface area contributed by atoms with Crippen molar-refractivity contribution in [2.45, 2.75) is 119 Å². The lowest BCUT2D eigenvalue weighted by molar-refractivity contribution is -0.272. The van der Waals surface area contributed by atoms with Gasteiger partial charge < -0.3 is 20.1 Å². The topological polar surface area (TPSA) is 104 Å². The van der Waals surface area contributed by atoms with E-state index < -0.39 is 45.9 Å². The molecule has 4 saturated carbocycles. The third kappa shape index (κ3) is 3.29. The zero-order valence-electron chi connectivity index (χ0n) is 24.8. The van der Waals surface area contributed by atoms with Gasteiger partial charge in [0.2, 0.25) is 0 Å². The largest absolute Gasteiger partial charge is 0.466 e. The molecule has 0 amide bonds. The first-order chi connectivity index (χ1) is 17.4. The molecule has 0 aromatic rings. The van der Waals surface area contributed by atoms with Gasteiger partial charge in [0.1, 0.15) is 6.10 Å². The van der Waals surface area contributed by atoms with E-state index in [0.29, 0.717) is 13.0 Å². The summed E-state index contributed by atoms with van der Waals surface area (Å²) in [4.78, 5) is 27.5. The monoisotopic (exact) mass is 530 g/mol. The lowest BCUT2D eigenvalue weighted by Crippen LogP contribution is -2.73. The molecule has 0 saturated heterocycles. The third-order valence-electron chi connectivity index (χ3n) is 13.5. The molecule has 214 valence electrons. The molecule has 0 aliphatic heterocycles. The van der Waals surface area contributed by atoms with Crippen molar-refractivity contribution in [1.82, 2.24) is 0 Å². The normalized spacial score (nSPS) is 53.6. The Morgan fingerprint density at radius 1 is 0.947 bits per heavy atom. The molecule has 0 aromatic heterocycles. The van der Waals surface area contributed by atoms with E-state index in [0.717, 1.165) is 38.5 Å². The molecular formula is C32H50O6. The number of ether oxygens (including phenoxy) is 1. The van der Waals surface area contributed by atoms with E-state index >= 15 is 0 Å². The number of carbonyl (C=O) groups is 2. The van der Waals surface area contributed by atoms with Crippen LogP contribution >= 0.6 is 0 Å². The Labute approximate surface area is 228 Å². The highest BCUT2D eigenvalue weighted by molar-refractivity contribution is 5.96. The summed E-state index contributed by atoms with van der Waals surface area (Å²) < 4.78 is 5.51. The molecule has 0 unspecified atom stereocenters. The van der Waals surface area contributed by atoms with Gasteiger partial charge in [0.05, 0.1) is 24.2 Å². The number of ketones is 1. The minimum Gasteiger partial charge on any atom is -0.466 e. The Morgan fingerprint density at radius 2 is 1.58 bits per heavy atom. The van der Waals surface area contributed by atoms with Crippen LogP contribution in [0.25, 0.3) is 0 Å². The third-order valence-corrected chi connectivity index (χ3v) is 13.5. The van der Waals surface area contributed by atoms with Gasteiger partial charge in [-0.1, -0.05) is 47.1 Å². The first kappa shape index (κ1) is 28.3. The molecule has 5 aliphatic carbocycles. The predicted octanol–water partition coefficient (Wildman–Crippen LogP) is 4.83. The van der Waals surface area contributed by atoms with Crippen LogP contribution in [0.4, 0.5) is 0 Å². The number of esters is 1. The van der Waals surface area contributed by atoms with E-state index in [1.54, 1.807) is 0 Å². The maximum absolute atomic E-state index is 14.4. The summed E-state index contributed by atoms with van der Waals surface area (Å²) in [5.41, 5.74) is -1.49. The fraction of sp³-hybridized carbons (Fsp3) is 0.875. The maximum Gasteiger partial charge on any atom is 0.311 e. The lowest BCUT2D eigenvalue weighted by atomic mass is 9.33. The molecule has 0 bridgehead atoms. The molecule has 38 heavy (non-hydrogen) atoms. The van der Waals surface area contributed by atoms with Gasteiger partial charge >= 0.3 is 5.97 Å². The van der Waals surface area contributed by atoms with Gasteiger partial charge in [-0.3, -0.25) is 9.59 Å². The number of hydrogen-bond donors (Lipinski definition) is 3. The average molecular weight is 531 g/mol. The van der Waals surface area contributed by atoms with Crippen LogP contribution in [0.5, 0.6) is 0 Å². The van der Waals surface area contributed by atoms with Crippen LogP contribution < -0.4 is 0 Å². The minimum atomic E-state index is -1.29. The highest BCUT2D eigenvalue weighted by Gasteiger charge is 2.73. The molecular weight excluding hydrogens is 480 g/mol. The van der Waals surface area contributed by atoms with Crippen molar-refractivity contribution in [2.75, 3.05) is 6.61 Å². The van der Waals surface area contributed by atoms with Crippen LogP contribution in [-0.4, -0.2) is 52.0 Å². The lowest BCUT2D eigenvalue weighted by Gasteiger charge is -2.71. The van der Waals surface area contributed by atoms with E-state index in [2.05, 4.69) is 20.8 Å². The summed E-state index contributed by atoms with van der Waals surface area (Å²) in [6, 6.07) is 0. The fourth-order valence-corrected chi connectivity index (χ4v) is 10.7. The van der Waals surface area contributed by atoms with E-state index in [4.69, 9.17) is 4.74 Å². The van der Waals surface area contributed by atoms with Crippen LogP contribution in [0, 0.1) is 50.2 Å². The predicted molar refractivity (Wildman–Crippen MR) is 145 cm³/mol. The fourth-order valence-electron chi connectivity index (χ4n) is 10.7. The van der Waals surface area contributed by atoms with Crippen LogP contribution in [0.1, 0.15) is 100 Å². The molecule has 4 fully saturated rings. The zero-order valence-corrected chi connectivity index (χ0v) is 24.8. The average Bonchev–Trinajstić information content (AvgIpc) is 2.84. The minimum absolute atomic E-state index is 0.0363. The Hall–Kier alpha value is -1.24. The van der Waals surface area contributed by atoms with E-state index in [1.165, 1.54) is 5.57 Å². The van der Waals surface area contributed by atoms with E-state index in [-0.39, 0.29) is 34.4 Å². The number of fused-ring (bicyclic) bond motifs is 7. The van der Waals surface area contributed by atoms with Crippen LogP contribution in [-0.2, 0) is 14.3 Å². The summed E-state index contributed by atoms with van der Waals surface area (Å²) in [5, 5.41) is 33.5. The quantitative estimate of drug-likeness (QED) is 0.442. The van der Waals surface area contributed by atoms with Crippen LogP contribution in [0.2, 0.25) is 0 Å². The molecule has 11 atom stereocenters. The Balaban J connectivity index is 1.62. The van der Waals surface area contributed by atoms with E-state index in [9.17, 15) is 24.9 Å². The molecule has 3 N–H and O–H groups in total. The van der Waals surface area contributed by atoms with Crippen molar-refractivity contribution in [3.05, 3.63) is 11.6 Å². The smallest absolute Gasteiger partial charge is 0.311 e. The Bertz CT molecular complexity index is 1060. The molecule has 0 aromatic carbocycles. The van der Waals surface area contributed by atoms with Crippen molar-refractivity contribution in [1.29, 1.82) is 0 Å². The van der Waals surface area contributed by atoms with Crippen LogP contribution in [0.3, 0.4) is 0 Å². The van der Waals surface area contributed by atoms with Crippen LogP contribution in [0.15, 0.2) is 11.6 Å².